The first-order valence-electron chi connectivity index (χ1n) is 10.0. The summed E-state index contributed by atoms with van der Waals surface area (Å²) >= 11 is 3.62. The minimum Gasteiger partial charge on any atom is -0.493 e. The topological polar surface area (TPSA) is 71.1 Å². The van der Waals surface area contributed by atoms with Crippen LogP contribution in [0.4, 0.5) is 0 Å². The Balaban J connectivity index is 2.06. The molecule has 1 aromatic rings. The molecule has 2 atom stereocenters. The number of rotatable bonds is 12. The predicted molar refractivity (Wildman–Crippen MR) is 114 cm³/mol. The molecule has 1 fully saturated rings. The molecule has 0 amide bonds. The van der Waals surface area contributed by atoms with Gasteiger partial charge in [0.15, 0.2) is 17.3 Å². The molecule has 6 nitrogen and oxygen atoms in total. The maximum Gasteiger partial charge on any atom is 0.323 e. The number of carbonyl (C=O) groups is 2. The van der Waals surface area contributed by atoms with Gasteiger partial charge in [0.1, 0.15) is 4.32 Å². The number of benzene rings is 1. The average molecular weight is 471 g/mol. The van der Waals surface area contributed by atoms with Crippen LogP contribution in [0.1, 0.15) is 49.9 Å². The number of hydrogen-bond donors (Lipinski definition) is 0. The third kappa shape index (κ3) is 5.95. The van der Waals surface area contributed by atoms with Gasteiger partial charge in [0.05, 0.1) is 20.3 Å². The second-order valence-electron chi connectivity index (χ2n) is 7.62. The largest absolute Gasteiger partial charge is 0.493 e. The van der Waals surface area contributed by atoms with Gasteiger partial charge < -0.3 is 18.9 Å². The molecule has 1 aliphatic rings. The van der Waals surface area contributed by atoms with Crippen LogP contribution in [0.25, 0.3) is 0 Å². The van der Waals surface area contributed by atoms with E-state index in [1.165, 1.54) is 0 Å². The quantitative estimate of drug-likeness (QED) is 0.195. The second kappa shape index (κ2) is 11.0. The molecule has 1 unspecified atom stereocenters. The summed E-state index contributed by atoms with van der Waals surface area (Å²) in [6.45, 7) is 5.65. The number of esters is 1. The lowest BCUT2D eigenvalue weighted by Gasteiger charge is -2.31. The first-order valence-corrected chi connectivity index (χ1v) is 10.8. The van der Waals surface area contributed by atoms with Crippen LogP contribution in [0.3, 0.4) is 0 Å². The van der Waals surface area contributed by atoms with Crippen LogP contribution in [0.2, 0.25) is 0 Å². The highest BCUT2D eigenvalue weighted by Crippen LogP contribution is 2.43. The molecule has 1 aliphatic heterocycles. The van der Waals surface area contributed by atoms with E-state index in [4.69, 9.17) is 18.9 Å². The van der Waals surface area contributed by atoms with E-state index in [2.05, 4.69) is 29.8 Å². The van der Waals surface area contributed by atoms with Crippen LogP contribution in [0.5, 0.6) is 11.5 Å². The van der Waals surface area contributed by atoms with Crippen molar-refractivity contribution in [3.05, 3.63) is 23.8 Å². The zero-order valence-electron chi connectivity index (χ0n) is 17.7. The molecule has 1 aromatic carbocycles. The highest BCUT2D eigenvalue weighted by molar-refractivity contribution is 9.10. The number of halogens is 1. The Hall–Kier alpha value is -1.60. The second-order valence-corrected chi connectivity index (χ2v) is 9.04. The summed E-state index contributed by atoms with van der Waals surface area (Å²) in [4.78, 5) is 25.1. The van der Waals surface area contributed by atoms with E-state index >= 15 is 0 Å². The summed E-state index contributed by atoms with van der Waals surface area (Å²) in [6.07, 6.45) is 2.33. The van der Waals surface area contributed by atoms with Crippen molar-refractivity contribution in [3.8, 4) is 11.5 Å². The summed E-state index contributed by atoms with van der Waals surface area (Å²) in [7, 11) is 3.22. The maximum absolute atomic E-state index is 12.9. The molecule has 0 bridgehead atoms. The summed E-state index contributed by atoms with van der Waals surface area (Å²) in [5, 5.41) is 0. The number of methoxy groups -OCH3 is 2. The minimum absolute atomic E-state index is 0.0162. The molecule has 0 spiro atoms. The van der Waals surface area contributed by atoms with Crippen molar-refractivity contribution in [1.82, 2.24) is 0 Å². The molecule has 1 heterocycles. The normalized spacial score (nSPS) is 19.9. The van der Waals surface area contributed by atoms with Crippen LogP contribution < -0.4 is 9.47 Å². The molecular formula is C22H31BrO6. The smallest absolute Gasteiger partial charge is 0.323 e. The fourth-order valence-corrected chi connectivity index (χ4v) is 4.75. The standard InChI is InChI=1S/C22H31BrO6/c1-15(2)17(22(23)10-13-29-21(22)25)7-8-18(24)16-6-9-19(27-4)20(14-16)28-12-5-11-26-3/h6,9,14-15,17H,5,7-8,10-13H2,1-4H3/t17-,22?/m0/s1. The monoisotopic (exact) mass is 470 g/mol. The van der Waals surface area contributed by atoms with Crippen LogP contribution in [0, 0.1) is 11.8 Å². The molecule has 0 N–H and O–H groups in total. The van der Waals surface area contributed by atoms with Gasteiger partial charge in [0.25, 0.3) is 0 Å². The van der Waals surface area contributed by atoms with E-state index in [9.17, 15) is 9.59 Å². The molecular weight excluding hydrogens is 440 g/mol. The van der Waals surface area contributed by atoms with E-state index in [0.717, 1.165) is 6.42 Å². The highest BCUT2D eigenvalue weighted by atomic mass is 79.9. The van der Waals surface area contributed by atoms with Crippen molar-refractivity contribution in [1.29, 1.82) is 0 Å². The van der Waals surface area contributed by atoms with E-state index in [0.29, 0.717) is 56.1 Å². The predicted octanol–water partition coefficient (Wildman–Crippen LogP) is 4.43. The Kier molecular flexibility index (Phi) is 8.96. The van der Waals surface area contributed by atoms with Crippen molar-refractivity contribution in [2.45, 2.75) is 43.9 Å². The summed E-state index contributed by atoms with van der Waals surface area (Å²) in [6, 6.07) is 5.23. The van der Waals surface area contributed by atoms with Gasteiger partial charge in [0, 0.05) is 38.5 Å². The van der Waals surface area contributed by atoms with Gasteiger partial charge in [-0.3, -0.25) is 9.59 Å². The lowest BCUT2D eigenvalue weighted by atomic mass is 9.78. The lowest BCUT2D eigenvalue weighted by molar-refractivity contribution is -0.141. The van der Waals surface area contributed by atoms with Gasteiger partial charge in [-0.25, -0.2) is 0 Å². The molecule has 29 heavy (non-hydrogen) atoms. The summed E-state index contributed by atoms with van der Waals surface area (Å²) in [5.74, 6) is 1.19. The van der Waals surface area contributed by atoms with E-state index in [-0.39, 0.29) is 23.6 Å². The number of ketones is 1. The lowest BCUT2D eigenvalue weighted by Crippen LogP contribution is -2.39. The van der Waals surface area contributed by atoms with Crippen molar-refractivity contribution in [3.63, 3.8) is 0 Å². The Labute approximate surface area is 181 Å². The fourth-order valence-electron chi connectivity index (χ4n) is 3.72. The number of cyclic esters (lactones) is 1. The van der Waals surface area contributed by atoms with Crippen molar-refractivity contribution in [2.24, 2.45) is 11.8 Å². The molecule has 2 rings (SSSR count). The summed E-state index contributed by atoms with van der Waals surface area (Å²) in [5.41, 5.74) is 0.577. The molecule has 0 aromatic heterocycles. The average Bonchev–Trinajstić information content (AvgIpc) is 3.03. The Morgan fingerprint density at radius 3 is 2.59 bits per heavy atom. The Morgan fingerprint density at radius 2 is 2.00 bits per heavy atom. The van der Waals surface area contributed by atoms with Crippen molar-refractivity contribution in [2.75, 3.05) is 34.0 Å². The van der Waals surface area contributed by atoms with Crippen molar-refractivity contribution >= 4 is 27.7 Å². The van der Waals surface area contributed by atoms with Gasteiger partial charge in [0.2, 0.25) is 0 Å². The number of carbonyl (C=O) groups excluding carboxylic acids is 2. The first kappa shape index (κ1) is 23.7. The molecule has 7 heteroatoms. The van der Waals surface area contributed by atoms with Crippen LogP contribution >= 0.6 is 15.9 Å². The Bertz CT molecular complexity index is 705. The third-order valence-electron chi connectivity index (χ3n) is 5.35. The van der Waals surface area contributed by atoms with Crippen LogP contribution in [-0.4, -0.2) is 50.1 Å². The van der Waals surface area contributed by atoms with Crippen LogP contribution in [-0.2, 0) is 14.3 Å². The number of alkyl halides is 1. The van der Waals surface area contributed by atoms with E-state index in [1.807, 2.05) is 0 Å². The van der Waals surface area contributed by atoms with Gasteiger partial charge in [-0.2, -0.15) is 0 Å². The summed E-state index contributed by atoms with van der Waals surface area (Å²) < 4.78 is 20.6. The molecule has 0 saturated carbocycles. The molecule has 162 valence electrons. The van der Waals surface area contributed by atoms with Gasteiger partial charge in [-0.15, -0.1) is 0 Å². The molecule has 0 aliphatic carbocycles. The van der Waals surface area contributed by atoms with E-state index in [1.54, 1.807) is 32.4 Å². The zero-order valence-corrected chi connectivity index (χ0v) is 19.2. The Morgan fingerprint density at radius 1 is 1.24 bits per heavy atom. The van der Waals surface area contributed by atoms with Crippen molar-refractivity contribution < 1.29 is 28.5 Å². The van der Waals surface area contributed by atoms with Gasteiger partial charge in [-0.05, 0) is 36.5 Å². The van der Waals surface area contributed by atoms with Crippen LogP contribution in [0.15, 0.2) is 18.2 Å². The molecule has 0 radical (unpaired) electrons. The SMILES string of the molecule is COCCCOc1cc(C(=O)CC[C@@H](C(C)C)C2(Br)CCOC2=O)ccc1OC. The first-order chi connectivity index (χ1) is 13.8. The minimum atomic E-state index is -0.697. The van der Waals surface area contributed by atoms with Gasteiger partial charge in [-0.1, -0.05) is 29.8 Å². The fraction of sp³-hybridized carbons (Fsp3) is 0.636. The number of ether oxygens (including phenoxy) is 4. The highest BCUT2D eigenvalue weighted by Gasteiger charge is 2.49. The molecule has 1 saturated heterocycles. The van der Waals surface area contributed by atoms with E-state index < -0.39 is 4.32 Å². The van der Waals surface area contributed by atoms with Gasteiger partial charge >= 0.3 is 5.97 Å². The number of hydrogen-bond acceptors (Lipinski definition) is 6. The number of Topliss-reactive ketones (excluding diaryl/α,β-unsaturated/α-hetero) is 1. The zero-order chi connectivity index (χ0) is 21.4. The third-order valence-corrected chi connectivity index (χ3v) is 6.66. The maximum atomic E-state index is 12.9.